The van der Waals surface area contributed by atoms with Crippen LogP contribution < -0.4 is 10.1 Å². The van der Waals surface area contributed by atoms with Gasteiger partial charge in [-0.05, 0) is 58.3 Å². The molecule has 1 aromatic heterocycles. The van der Waals surface area contributed by atoms with Crippen molar-refractivity contribution in [2.45, 2.75) is 6.92 Å². The maximum absolute atomic E-state index is 11.9. The first-order valence-electron chi connectivity index (χ1n) is 6.34. The molecule has 0 radical (unpaired) electrons. The molecule has 0 aliphatic carbocycles. The fourth-order valence-corrected chi connectivity index (χ4v) is 1.91. The molecule has 1 heterocycles. The minimum Gasteiger partial charge on any atom is -0.497 e. The largest absolute Gasteiger partial charge is 0.497 e. The maximum Gasteiger partial charge on any atom is 0.249 e. The van der Waals surface area contributed by atoms with Gasteiger partial charge in [0.1, 0.15) is 11.6 Å². The number of amides is 1. The summed E-state index contributed by atoms with van der Waals surface area (Å²) in [4.78, 5) is 16.0. The van der Waals surface area contributed by atoms with Gasteiger partial charge in [0.05, 0.1) is 7.11 Å². The lowest BCUT2D eigenvalue weighted by Crippen LogP contribution is -2.09. The quantitative estimate of drug-likeness (QED) is 0.856. The van der Waals surface area contributed by atoms with Crippen LogP contribution in [0, 0.1) is 6.92 Å². The monoisotopic (exact) mass is 346 g/mol. The number of anilines is 1. The number of methoxy groups -OCH3 is 1. The van der Waals surface area contributed by atoms with E-state index in [0.29, 0.717) is 5.82 Å². The third kappa shape index (κ3) is 4.43. The molecule has 0 aliphatic rings. The molecule has 2 aromatic rings. The van der Waals surface area contributed by atoms with Crippen LogP contribution in [0.2, 0.25) is 0 Å². The molecule has 2 rings (SSSR count). The van der Waals surface area contributed by atoms with E-state index in [0.717, 1.165) is 21.3 Å². The van der Waals surface area contributed by atoms with Gasteiger partial charge in [-0.1, -0.05) is 12.1 Å². The van der Waals surface area contributed by atoms with Crippen molar-refractivity contribution in [3.05, 3.63) is 58.2 Å². The molecule has 5 heteroatoms. The zero-order valence-corrected chi connectivity index (χ0v) is 13.3. The zero-order valence-electron chi connectivity index (χ0n) is 11.8. The highest BCUT2D eigenvalue weighted by Gasteiger charge is 2.02. The van der Waals surface area contributed by atoms with Crippen molar-refractivity contribution in [3.8, 4) is 5.75 Å². The molecule has 0 bridgehead atoms. The van der Waals surface area contributed by atoms with E-state index in [-0.39, 0.29) is 5.91 Å². The summed E-state index contributed by atoms with van der Waals surface area (Å²) in [7, 11) is 1.61. The van der Waals surface area contributed by atoms with Crippen molar-refractivity contribution in [1.29, 1.82) is 0 Å². The van der Waals surface area contributed by atoms with Crippen LogP contribution in [0.3, 0.4) is 0 Å². The predicted octanol–water partition coefficient (Wildman–Crippen LogP) is 3.81. The van der Waals surface area contributed by atoms with Crippen LogP contribution in [0.1, 0.15) is 11.1 Å². The van der Waals surface area contributed by atoms with E-state index in [9.17, 15) is 4.79 Å². The first kappa shape index (κ1) is 15.3. The number of nitrogens with zero attached hydrogens (tertiary/aromatic N) is 1. The predicted molar refractivity (Wildman–Crippen MR) is 87.3 cm³/mol. The molecule has 0 saturated carbocycles. The smallest absolute Gasteiger partial charge is 0.249 e. The topological polar surface area (TPSA) is 51.2 Å². The van der Waals surface area contributed by atoms with Gasteiger partial charge in [0.15, 0.2) is 0 Å². The SMILES string of the molecule is COc1cccc(/C=C/C(=O)Nc2cc(C)c(Br)cn2)c1. The molecule has 0 saturated heterocycles. The van der Waals surface area contributed by atoms with E-state index >= 15 is 0 Å². The number of benzene rings is 1. The van der Waals surface area contributed by atoms with E-state index in [2.05, 4.69) is 26.2 Å². The van der Waals surface area contributed by atoms with Crippen molar-refractivity contribution in [2.75, 3.05) is 12.4 Å². The third-order valence-corrected chi connectivity index (χ3v) is 3.65. The molecule has 1 aromatic carbocycles. The lowest BCUT2D eigenvalue weighted by Gasteiger charge is -2.04. The number of aryl methyl sites for hydroxylation is 1. The fourth-order valence-electron chi connectivity index (χ4n) is 1.69. The van der Waals surface area contributed by atoms with E-state index in [1.807, 2.05) is 31.2 Å². The summed E-state index contributed by atoms with van der Waals surface area (Å²) in [6, 6.07) is 9.28. The van der Waals surface area contributed by atoms with Crippen LogP contribution in [0.5, 0.6) is 5.75 Å². The summed E-state index contributed by atoms with van der Waals surface area (Å²) in [6.07, 6.45) is 4.86. The van der Waals surface area contributed by atoms with E-state index in [1.54, 1.807) is 25.4 Å². The second kappa shape index (κ2) is 7.04. The van der Waals surface area contributed by atoms with Gasteiger partial charge in [-0.2, -0.15) is 0 Å². The summed E-state index contributed by atoms with van der Waals surface area (Å²) in [6.45, 7) is 1.94. The van der Waals surface area contributed by atoms with Gasteiger partial charge >= 0.3 is 0 Å². The van der Waals surface area contributed by atoms with E-state index < -0.39 is 0 Å². The van der Waals surface area contributed by atoms with Gasteiger partial charge in [0, 0.05) is 16.7 Å². The van der Waals surface area contributed by atoms with Crippen LogP contribution >= 0.6 is 15.9 Å². The first-order chi connectivity index (χ1) is 10.1. The maximum atomic E-state index is 11.9. The molecule has 1 N–H and O–H groups in total. The average molecular weight is 347 g/mol. The number of hydrogen-bond acceptors (Lipinski definition) is 3. The Labute approximate surface area is 132 Å². The Morgan fingerprint density at radius 1 is 1.38 bits per heavy atom. The summed E-state index contributed by atoms with van der Waals surface area (Å²) in [5.41, 5.74) is 1.90. The third-order valence-electron chi connectivity index (χ3n) is 2.82. The van der Waals surface area contributed by atoms with Gasteiger partial charge in [-0.15, -0.1) is 0 Å². The lowest BCUT2D eigenvalue weighted by atomic mass is 10.2. The van der Waals surface area contributed by atoms with Crippen molar-refractivity contribution in [3.63, 3.8) is 0 Å². The van der Waals surface area contributed by atoms with Crippen LogP contribution in [0.4, 0.5) is 5.82 Å². The number of carbonyl (C=O) groups is 1. The standard InChI is InChI=1S/C16H15BrN2O2/c1-11-8-15(18-10-14(11)17)19-16(20)7-6-12-4-3-5-13(9-12)21-2/h3-10H,1-2H3,(H,18,19,20)/b7-6+. The zero-order chi connectivity index (χ0) is 15.2. The average Bonchev–Trinajstić information content (AvgIpc) is 2.49. The van der Waals surface area contributed by atoms with Crippen LogP contribution in [-0.4, -0.2) is 18.0 Å². The Morgan fingerprint density at radius 3 is 2.90 bits per heavy atom. The van der Waals surface area contributed by atoms with Crippen molar-refractivity contribution in [2.24, 2.45) is 0 Å². The van der Waals surface area contributed by atoms with Gasteiger partial charge in [-0.3, -0.25) is 4.79 Å². The van der Waals surface area contributed by atoms with Crippen LogP contribution in [0.15, 0.2) is 47.1 Å². The molecular weight excluding hydrogens is 332 g/mol. The number of aromatic nitrogens is 1. The molecule has 0 aliphatic heterocycles. The molecule has 0 fully saturated rings. The Morgan fingerprint density at radius 2 is 2.19 bits per heavy atom. The highest BCUT2D eigenvalue weighted by Crippen LogP contribution is 2.17. The van der Waals surface area contributed by atoms with Crippen molar-refractivity contribution < 1.29 is 9.53 Å². The number of halogens is 1. The minimum atomic E-state index is -0.230. The minimum absolute atomic E-state index is 0.230. The number of pyridine rings is 1. The number of carbonyl (C=O) groups excluding carboxylic acids is 1. The van der Waals surface area contributed by atoms with Crippen molar-refractivity contribution in [1.82, 2.24) is 4.98 Å². The summed E-state index contributed by atoms with van der Waals surface area (Å²) < 4.78 is 6.04. The summed E-state index contributed by atoms with van der Waals surface area (Å²) >= 11 is 3.37. The van der Waals surface area contributed by atoms with Gasteiger partial charge in [0.25, 0.3) is 0 Å². The first-order valence-corrected chi connectivity index (χ1v) is 7.13. The Balaban J connectivity index is 2.03. The molecule has 21 heavy (non-hydrogen) atoms. The molecule has 4 nitrogen and oxygen atoms in total. The van der Waals surface area contributed by atoms with Gasteiger partial charge in [0.2, 0.25) is 5.91 Å². The highest BCUT2D eigenvalue weighted by atomic mass is 79.9. The number of ether oxygens (including phenoxy) is 1. The molecule has 0 spiro atoms. The van der Waals surface area contributed by atoms with Gasteiger partial charge in [-0.25, -0.2) is 4.98 Å². The van der Waals surface area contributed by atoms with E-state index in [4.69, 9.17) is 4.74 Å². The second-order valence-electron chi connectivity index (χ2n) is 4.42. The molecule has 0 unspecified atom stereocenters. The van der Waals surface area contributed by atoms with Gasteiger partial charge < -0.3 is 10.1 Å². The molecular formula is C16H15BrN2O2. The summed E-state index contributed by atoms with van der Waals surface area (Å²) in [5.74, 6) is 1.05. The Kier molecular flexibility index (Phi) is 5.11. The fraction of sp³-hybridized carbons (Fsp3) is 0.125. The Hall–Kier alpha value is -2.14. The molecule has 108 valence electrons. The lowest BCUT2D eigenvalue weighted by molar-refractivity contribution is -0.111. The normalized spacial score (nSPS) is 10.6. The number of hydrogen-bond donors (Lipinski definition) is 1. The number of rotatable bonds is 4. The second-order valence-corrected chi connectivity index (χ2v) is 5.27. The van der Waals surface area contributed by atoms with E-state index in [1.165, 1.54) is 6.08 Å². The highest BCUT2D eigenvalue weighted by molar-refractivity contribution is 9.10. The summed E-state index contributed by atoms with van der Waals surface area (Å²) in [5, 5.41) is 2.72. The molecule has 0 atom stereocenters. The van der Waals surface area contributed by atoms with Crippen LogP contribution in [0.25, 0.3) is 6.08 Å². The van der Waals surface area contributed by atoms with Crippen molar-refractivity contribution >= 4 is 33.7 Å². The Bertz CT molecular complexity index is 684. The van der Waals surface area contributed by atoms with Crippen LogP contribution in [-0.2, 0) is 4.79 Å². The molecule has 1 amide bonds. The number of nitrogens with one attached hydrogen (secondary N) is 1.